The molecular formula is C12H13ClO2. The molecule has 0 aromatic heterocycles. The van der Waals surface area contributed by atoms with E-state index in [-0.39, 0.29) is 5.78 Å². The van der Waals surface area contributed by atoms with E-state index in [4.69, 9.17) is 16.3 Å². The Morgan fingerprint density at radius 2 is 2.33 bits per heavy atom. The molecule has 2 nitrogen and oxygen atoms in total. The number of fused-ring (bicyclic) bond motifs is 1. The average Bonchev–Trinajstić information content (AvgIpc) is 2.16. The molecule has 1 aromatic rings. The molecule has 0 N–H and O–H groups in total. The maximum atomic E-state index is 11.0. The number of ether oxygens (including phenoxy) is 1. The predicted molar refractivity (Wildman–Crippen MR) is 59.7 cm³/mol. The van der Waals surface area contributed by atoms with Crippen LogP contribution in [0.3, 0.4) is 0 Å². The summed E-state index contributed by atoms with van der Waals surface area (Å²) >= 11 is 6.09. The molecule has 0 amide bonds. The lowest BCUT2D eigenvalue weighted by Crippen LogP contribution is -2.10. The van der Waals surface area contributed by atoms with Crippen molar-refractivity contribution in [2.24, 2.45) is 0 Å². The highest BCUT2D eigenvalue weighted by molar-refractivity contribution is 6.32. The van der Waals surface area contributed by atoms with E-state index in [2.05, 4.69) is 0 Å². The van der Waals surface area contributed by atoms with Crippen LogP contribution >= 0.6 is 11.6 Å². The van der Waals surface area contributed by atoms with Crippen LogP contribution in [-0.2, 0) is 17.6 Å². The van der Waals surface area contributed by atoms with Crippen molar-refractivity contribution in [2.45, 2.75) is 26.2 Å². The molecule has 3 heteroatoms. The van der Waals surface area contributed by atoms with Gasteiger partial charge < -0.3 is 4.74 Å². The van der Waals surface area contributed by atoms with Gasteiger partial charge in [0.05, 0.1) is 11.6 Å². The molecule has 15 heavy (non-hydrogen) atoms. The smallest absolute Gasteiger partial charge is 0.141 e. The molecule has 0 spiro atoms. The van der Waals surface area contributed by atoms with Gasteiger partial charge in [-0.25, -0.2) is 0 Å². The summed E-state index contributed by atoms with van der Waals surface area (Å²) in [5.74, 6) is 0.956. The van der Waals surface area contributed by atoms with Gasteiger partial charge in [0.15, 0.2) is 0 Å². The van der Waals surface area contributed by atoms with Crippen molar-refractivity contribution in [3.8, 4) is 5.75 Å². The fraction of sp³-hybridized carbons (Fsp3) is 0.417. The molecule has 1 aromatic carbocycles. The molecule has 0 atom stereocenters. The maximum absolute atomic E-state index is 11.0. The van der Waals surface area contributed by atoms with Crippen molar-refractivity contribution < 1.29 is 9.53 Å². The van der Waals surface area contributed by atoms with E-state index >= 15 is 0 Å². The second-order valence-corrected chi connectivity index (χ2v) is 4.30. The van der Waals surface area contributed by atoms with Crippen molar-refractivity contribution in [3.05, 3.63) is 28.3 Å². The number of carbonyl (C=O) groups excluding carboxylic acids is 1. The molecule has 0 saturated carbocycles. The van der Waals surface area contributed by atoms with Crippen molar-refractivity contribution >= 4 is 17.4 Å². The molecular weight excluding hydrogens is 212 g/mol. The van der Waals surface area contributed by atoms with Gasteiger partial charge in [-0.3, -0.25) is 4.79 Å². The van der Waals surface area contributed by atoms with E-state index in [1.165, 1.54) is 0 Å². The van der Waals surface area contributed by atoms with Crippen LogP contribution in [0.2, 0.25) is 5.02 Å². The third-order valence-corrected chi connectivity index (χ3v) is 2.75. The van der Waals surface area contributed by atoms with Gasteiger partial charge in [0.1, 0.15) is 11.5 Å². The molecule has 0 bridgehead atoms. The van der Waals surface area contributed by atoms with Crippen LogP contribution < -0.4 is 4.74 Å². The molecule has 0 radical (unpaired) electrons. The van der Waals surface area contributed by atoms with E-state index in [9.17, 15) is 4.79 Å². The van der Waals surface area contributed by atoms with Crippen LogP contribution in [0.1, 0.15) is 24.5 Å². The summed E-state index contributed by atoms with van der Waals surface area (Å²) in [4.78, 5) is 11.0. The number of aryl methyl sites for hydroxylation is 1. The SMILES string of the molecule is CC(=O)Cc1cc(Cl)c2c(c1)CCCO2. The van der Waals surface area contributed by atoms with Crippen LogP contribution in [0, 0.1) is 0 Å². The highest BCUT2D eigenvalue weighted by Gasteiger charge is 2.15. The zero-order valence-corrected chi connectivity index (χ0v) is 9.43. The number of rotatable bonds is 2. The lowest BCUT2D eigenvalue weighted by molar-refractivity contribution is -0.116. The monoisotopic (exact) mass is 224 g/mol. The van der Waals surface area contributed by atoms with Crippen LogP contribution in [0.4, 0.5) is 0 Å². The number of ketones is 1. The molecule has 0 aliphatic carbocycles. The Kier molecular flexibility index (Phi) is 2.96. The van der Waals surface area contributed by atoms with Crippen molar-refractivity contribution in [3.63, 3.8) is 0 Å². The normalized spacial score (nSPS) is 14.3. The van der Waals surface area contributed by atoms with E-state index < -0.39 is 0 Å². The molecule has 2 rings (SSSR count). The molecule has 0 saturated heterocycles. The maximum Gasteiger partial charge on any atom is 0.141 e. The standard InChI is InChI=1S/C12H13ClO2/c1-8(14)5-9-6-10-3-2-4-15-12(10)11(13)7-9/h6-7H,2-5H2,1H3. The Balaban J connectivity index is 2.36. The lowest BCUT2D eigenvalue weighted by atomic mass is 10.0. The Bertz CT molecular complexity index is 399. The van der Waals surface area contributed by atoms with Crippen LogP contribution in [-0.4, -0.2) is 12.4 Å². The number of hydrogen-bond acceptors (Lipinski definition) is 2. The summed E-state index contributed by atoms with van der Waals surface area (Å²) in [6.07, 6.45) is 2.46. The highest BCUT2D eigenvalue weighted by Crippen LogP contribution is 2.34. The molecule has 0 fully saturated rings. The minimum atomic E-state index is 0.155. The number of carbonyl (C=O) groups is 1. The number of halogens is 1. The lowest BCUT2D eigenvalue weighted by Gasteiger charge is -2.19. The van der Waals surface area contributed by atoms with Gasteiger partial charge in [0.25, 0.3) is 0 Å². The quantitative estimate of drug-likeness (QED) is 0.772. The fourth-order valence-electron chi connectivity index (χ4n) is 1.89. The van der Waals surface area contributed by atoms with Gasteiger partial charge in [0.2, 0.25) is 0 Å². The Morgan fingerprint density at radius 1 is 1.53 bits per heavy atom. The van der Waals surface area contributed by atoms with Gasteiger partial charge in [-0.15, -0.1) is 0 Å². The van der Waals surface area contributed by atoms with Crippen molar-refractivity contribution in [1.82, 2.24) is 0 Å². The van der Waals surface area contributed by atoms with Gasteiger partial charge in [-0.2, -0.15) is 0 Å². The van der Waals surface area contributed by atoms with E-state index in [1.54, 1.807) is 6.92 Å². The summed E-state index contributed by atoms with van der Waals surface area (Å²) in [5, 5.41) is 0.628. The van der Waals surface area contributed by atoms with Gasteiger partial charge >= 0.3 is 0 Å². The minimum absolute atomic E-state index is 0.155. The summed E-state index contributed by atoms with van der Waals surface area (Å²) < 4.78 is 5.50. The molecule has 1 heterocycles. The predicted octanol–water partition coefficient (Wildman–Crippen LogP) is 2.80. The van der Waals surface area contributed by atoms with Crippen molar-refractivity contribution in [1.29, 1.82) is 0 Å². The molecule has 1 aliphatic heterocycles. The summed E-state index contributed by atoms with van der Waals surface area (Å²) in [7, 11) is 0. The zero-order valence-electron chi connectivity index (χ0n) is 8.68. The average molecular weight is 225 g/mol. The topological polar surface area (TPSA) is 26.3 Å². The van der Waals surface area contributed by atoms with Crippen molar-refractivity contribution in [2.75, 3.05) is 6.61 Å². The third-order valence-electron chi connectivity index (χ3n) is 2.47. The Labute approximate surface area is 94.2 Å². The van der Waals surface area contributed by atoms with Crippen LogP contribution in [0.25, 0.3) is 0 Å². The van der Waals surface area contributed by atoms with Crippen LogP contribution in [0.5, 0.6) is 5.75 Å². The first-order valence-corrected chi connectivity index (χ1v) is 5.48. The third kappa shape index (κ3) is 2.32. The number of Topliss-reactive ketones (excluding diaryl/α,β-unsaturated/α-hetero) is 1. The minimum Gasteiger partial charge on any atom is -0.492 e. The van der Waals surface area contributed by atoms with Gasteiger partial charge in [-0.1, -0.05) is 17.7 Å². The first-order chi connectivity index (χ1) is 7.16. The van der Waals surface area contributed by atoms with E-state index in [0.717, 1.165) is 36.3 Å². The van der Waals surface area contributed by atoms with E-state index in [1.807, 2.05) is 12.1 Å². The Morgan fingerprint density at radius 3 is 3.07 bits per heavy atom. The van der Waals surface area contributed by atoms with Crippen LogP contribution in [0.15, 0.2) is 12.1 Å². The summed E-state index contributed by atoms with van der Waals surface area (Å²) in [6.45, 7) is 2.32. The first-order valence-electron chi connectivity index (χ1n) is 5.10. The van der Waals surface area contributed by atoms with Gasteiger partial charge in [0, 0.05) is 6.42 Å². The molecule has 1 aliphatic rings. The first kappa shape index (κ1) is 10.5. The second kappa shape index (κ2) is 4.23. The second-order valence-electron chi connectivity index (χ2n) is 3.90. The molecule has 80 valence electrons. The number of benzene rings is 1. The molecule has 0 unspecified atom stereocenters. The highest BCUT2D eigenvalue weighted by atomic mass is 35.5. The van der Waals surface area contributed by atoms with Gasteiger partial charge in [-0.05, 0) is 37.0 Å². The van der Waals surface area contributed by atoms with E-state index in [0.29, 0.717) is 11.4 Å². The Hall–Kier alpha value is -1.02. The summed E-state index contributed by atoms with van der Waals surface area (Å²) in [6, 6.07) is 3.86. The largest absolute Gasteiger partial charge is 0.492 e. The number of hydrogen-bond donors (Lipinski definition) is 0. The zero-order chi connectivity index (χ0) is 10.8. The summed E-state index contributed by atoms with van der Waals surface area (Å²) in [5.41, 5.74) is 2.11. The fourth-order valence-corrected chi connectivity index (χ4v) is 2.20.